The Bertz CT molecular complexity index is 409. The van der Waals surface area contributed by atoms with Crippen LogP contribution in [0.25, 0.3) is 0 Å². The SMILES string of the molecule is CC1(C)OCC(COc2ccc(N)cc2F)O1. The third-order valence-electron chi connectivity index (χ3n) is 2.45. The number of nitrogen functional groups attached to an aromatic ring is 1. The molecule has 1 saturated heterocycles. The van der Waals surface area contributed by atoms with Crippen molar-refractivity contribution in [2.45, 2.75) is 25.7 Å². The van der Waals surface area contributed by atoms with Crippen molar-refractivity contribution < 1.29 is 18.6 Å². The van der Waals surface area contributed by atoms with E-state index in [9.17, 15) is 4.39 Å². The molecule has 0 spiro atoms. The van der Waals surface area contributed by atoms with Gasteiger partial charge < -0.3 is 19.9 Å². The Labute approximate surface area is 99.5 Å². The molecular weight excluding hydrogens is 225 g/mol. The van der Waals surface area contributed by atoms with Crippen LogP contribution in [0.3, 0.4) is 0 Å². The largest absolute Gasteiger partial charge is 0.488 e. The molecule has 1 aliphatic rings. The van der Waals surface area contributed by atoms with Gasteiger partial charge in [0.15, 0.2) is 17.4 Å². The van der Waals surface area contributed by atoms with E-state index in [4.69, 9.17) is 19.9 Å². The van der Waals surface area contributed by atoms with E-state index >= 15 is 0 Å². The Balaban J connectivity index is 1.90. The monoisotopic (exact) mass is 241 g/mol. The van der Waals surface area contributed by atoms with Crippen LogP contribution in [0.15, 0.2) is 18.2 Å². The lowest BCUT2D eigenvalue weighted by atomic mass is 10.3. The van der Waals surface area contributed by atoms with Crippen LogP contribution in [-0.4, -0.2) is 25.1 Å². The molecule has 1 atom stereocenters. The molecule has 0 aliphatic carbocycles. The Hall–Kier alpha value is -1.33. The van der Waals surface area contributed by atoms with E-state index in [0.29, 0.717) is 12.3 Å². The van der Waals surface area contributed by atoms with Crippen LogP contribution in [0.4, 0.5) is 10.1 Å². The second-order valence-corrected chi connectivity index (χ2v) is 4.45. The number of hydrogen-bond donors (Lipinski definition) is 1. The van der Waals surface area contributed by atoms with Gasteiger partial charge in [0.1, 0.15) is 12.7 Å². The van der Waals surface area contributed by atoms with Crippen LogP contribution < -0.4 is 10.5 Å². The predicted octanol–water partition coefficient (Wildman–Crippen LogP) is 1.94. The molecule has 0 aromatic heterocycles. The lowest BCUT2D eigenvalue weighted by molar-refractivity contribution is -0.141. The van der Waals surface area contributed by atoms with E-state index in [2.05, 4.69) is 0 Å². The number of hydrogen-bond acceptors (Lipinski definition) is 4. The highest BCUT2D eigenvalue weighted by Crippen LogP contribution is 2.24. The molecule has 0 bridgehead atoms. The number of ether oxygens (including phenoxy) is 3. The minimum atomic E-state index is -0.590. The number of anilines is 1. The van der Waals surface area contributed by atoms with E-state index in [1.54, 1.807) is 6.07 Å². The number of nitrogens with two attached hydrogens (primary N) is 1. The van der Waals surface area contributed by atoms with E-state index in [1.807, 2.05) is 13.8 Å². The molecule has 5 heteroatoms. The van der Waals surface area contributed by atoms with Crippen LogP contribution in [-0.2, 0) is 9.47 Å². The first-order valence-electron chi connectivity index (χ1n) is 5.46. The van der Waals surface area contributed by atoms with Gasteiger partial charge in [0.2, 0.25) is 0 Å². The topological polar surface area (TPSA) is 53.7 Å². The molecule has 2 rings (SSSR count). The van der Waals surface area contributed by atoms with E-state index in [1.165, 1.54) is 12.1 Å². The van der Waals surface area contributed by atoms with E-state index in [-0.39, 0.29) is 18.5 Å². The summed E-state index contributed by atoms with van der Waals surface area (Å²) in [7, 11) is 0. The summed E-state index contributed by atoms with van der Waals surface area (Å²) in [6.45, 7) is 4.36. The molecule has 1 fully saturated rings. The van der Waals surface area contributed by atoms with Crippen LogP contribution in [0.2, 0.25) is 0 Å². The van der Waals surface area contributed by atoms with Crippen molar-refractivity contribution in [3.05, 3.63) is 24.0 Å². The predicted molar refractivity (Wildman–Crippen MR) is 61.2 cm³/mol. The highest BCUT2D eigenvalue weighted by molar-refractivity contribution is 5.42. The molecule has 1 aromatic rings. The van der Waals surface area contributed by atoms with Crippen LogP contribution in [0, 0.1) is 5.82 Å². The fourth-order valence-corrected chi connectivity index (χ4v) is 1.66. The Morgan fingerprint density at radius 1 is 1.53 bits per heavy atom. The molecule has 94 valence electrons. The minimum Gasteiger partial charge on any atom is -0.488 e. The quantitative estimate of drug-likeness (QED) is 0.822. The summed E-state index contributed by atoms with van der Waals surface area (Å²) in [6.07, 6.45) is -0.179. The molecule has 0 radical (unpaired) electrons. The lowest BCUT2D eigenvalue weighted by Crippen LogP contribution is -2.25. The summed E-state index contributed by atoms with van der Waals surface area (Å²) in [4.78, 5) is 0. The van der Waals surface area contributed by atoms with Gasteiger partial charge in [-0.2, -0.15) is 0 Å². The van der Waals surface area contributed by atoms with Gasteiger partial charge in [-0.15, -0.1) is 0 Å². The average Bonchev–Trinajstić information content (AvgIpc) is 2.57. The van der Waals surface area contributed by atoms with Crippen LogP contribution in [0.5, 0.6) is 5.75 Å². The Morgan fingerprint density at radius 2 is 2.29 bits per heavy atom. The number of rotatable bonds is 3. The van der Waals surface area contributed by atoms with Crippen molar-refractivity contribution in [3.8, 4) is 5.75 Å². The highest BCUT2D eigenvalue weighted by Gasteiger charge is 2.33. The summed E-state index contributed by atoms with van der Waals surface area (Å²) in [5.41, 5.74) is 5.81. The number of halogens is 1. The zero-order valence-electron chi connectivity index (χ0n) is 9.90. The van der Waals surface area contributed by atoms with Crippen molar-refractivity contribution in [1.82, 2.24) is 0 Å². The van der Waals surface area contributed by atoms with Gasteiger partial charge in [0.05, 0.1) is 6.61 Å². The molecule has 1 aromatic carbocycles. The number of benzene rings is 1. The molecular formula is C12H16FNO3. The molecule has 0 amide bonds. The van der Waals surface area contributed by atoms with Gasteiger partial charge >= 0.3 is 0 Å². The summed E-state index contributed by atoms with van der Waals surface area (Å²) in [5.74, 6) is -0.885. The van der Waals surface area contributed by atoms with Crippen LogP contribution in [0.1, 0.15) is 13.8 Å². The smallest absolute Gasteiger partial charge is 0.167 e. The first-order chi connectivity index (χ1) is 7.96. The maximum Gasteiger partial charge on any atom is 0.167 e. The second kappa shape index (κ2) is 4.50. The zero-order chi connectivity index (χ0) is 12.5. The Morgan fingerprint density at radius 3 is 2.88 bits per heavy atom. The average molecular weight is 241 g/mol. The minimum absolute atomic E-state index is 0.174. The van der Waals surface area contributed by atoms with E-state index in [0.717, 1.165) is 0 Å². The normalized spacial score (nSPS) is 22.6. The Kier molecular flexibility index (Phi) is 3.22. The van der Waals surface area contributed by atoms with Crippen molar-refractivity contribution in [1.29, 1.82) is 0 Å². The van der Waals surface area contributed by atoms with E-state index < -0.39 is 11.6 Å². The van der Waals surface area contributed by atoms with Crippen molar-refractivity contribution in [2.24, 2.45) is 0 Å². The summed E-state index contributed by atoms with van der Waals surface area (Å²) in [5, 5.41) is 0. The molecule has 1 aliphatic heterocycles. The second-order valence-electron chi connectivity index (χ2n) is 4.45. The molecule has 1 heterocycles. The van der Waals surface area contributed by atoms with Crippen molar-refractivity contribution in [3.63, 3.8) is 0 Å². The van der Waals surface area contributed by atoms with Crippen LogP contribution >= 0.6 is 0 Å². The summed E-state index contributed by atoms with van der Waals surface area (Å²) < 4.78 is 29.6. The summed E-state index contributed by atoms with van der Waals surface area (Å²) in [6, 6.07) is 4.32. The van der Waals surface area contributed by atoms with Crippen molar-refractivity contribution in [2.75, 3.05) is 18.9 Å². The molecule has 4 nitrogen and oxygen atoms in total. The molecule has 0 saturated carbocycles. The molecule has 2 N–H and O–H groups in total. The standard InChI is InChI=1S/C12H16FNO3/c1-12(2)16-7-9(17-12)6-15-11-4-3-8(14)5-10(11)13/h3-5,9H,6-7,14H2,1-2H3. The maximum absolute atomic E-state index is 13.4. The maximum atomic E-state index is 13.4. The van der Waals surface area contributed by atoms with Gasteiger partial charge in [-0.1, -0.05) is 0 Å². The third kappa shape index (κ3) is 3.08. The molecule has 17 heavy (non-hydrogen) atoms. The van der Waals surface area contributed by atoms with Gasteiger partial charge in [-0.25, -0.2) is 4.39 Å². The first-order valence-corrected chi connectivity index (χ1v) is 5.46. The van der Waals surface area contributed by atoms with Gasteiger partial charge in [-0.3, -0.25) is 0 Å². The van der Waals surface area contributed by atoms with Gasteiger partial charge in [0.25, 0.3) is 0 Å². The third-order valence-corrected chi connectivity index (χ3v) is 2.45. The summed E-state index contributed by atoms with van der Waals surface area (Å²) >= 11 is 0. The van der Waals surface area contributed by atoms with Gasteiger partial charge in [0, 0.05) is 11.8 Å². The fourth-order valence-electron chi connectivity index (χ4n) is 1.66. The first kappa shape index (κ1) is 12.1. The lowest BCUT2D eigenvalue weighted by Gasteiger charge is -2.17. The fraction of sp³-hybridized carbons (Fsp3) is 0.500. The highest BCUT2D eigenvalue weighted by atomic mass is 19.1. The van der Waals surface area contributed by atoms with Crippen molar-refractivity contribution >= 4 is 5.69 Å². The molecule has 1 unspecified atom stereocenters. The zero-order valence-corrected chi connectivity index (χ0v) is 9.90. The van der Waals surface area contributed by atoms with Gasteiger partial charge in [-0.05, 0) is 26.0 Å².